The van der Waals surface area contributed by atoms with E-state index in [1.807, 2.05) is 13.0 Å². The largest absolute Gasteiger partial charge is 0.493 e. The smallest absolute Gasteiger partial charge is 0.246 e. The third-order valence-electron chi connectivity index (χ3n) is 4.03. The van der Waals surface area contributed by atoms with Gasteiger partial charge in [0.05, 0.1) is 14.2 Å². The van der Waals surface area contributed by atoms with Crippen molar-refractivity contribution >= 4 is 23.1 Å². The van der Waals surface area contributed by atoms with E-state index in [9.17, 15) is 9.59 Å². The summed E-state index contributed by atoms with van der Waals surface area (Å²) in [6.07, 6.45) is 0. The molecule has 0 fully saturated rings. The summed E-state index contributed by atoms with van der Waals surface area (Å²) in [5, 5.41) is 6.00. The minimum atomic E-state index is -0.493. The van der Waals surface area contributed by atoms with E-state index >= 15 is 0 Å². The van der Waals surface area contributed by atoms with E-state index in [1.54, 1.807) is 51.5 Å². The quantitative estimate of drug-likeness (QED) is 0.741. The number of hydrogen-bond donors (Lipinski definition) is 2. The van der Waals surface area contributed by atoms with Gasteiger partial charge in [0, 0.05) is 23.0 Å². The number of anilines is 2. The van der Waals surface area contributed by atoms with Crippen LogP contribution in [0.4, 0.5) is 11.4 Å². The monoisotopic (exact) mass is 356 g/mol. The zero-order valence-corrected chi connectivity index (χ0v) is 15.7. The van der Waals surface area contributed by atoms with Gasteiger partial charge in [-0.05, 0) is 44.5 Å². The maximum Gasteiger partial charge on any atom is 0.246 e. The highest BCUT2D eigenvalue weighted by atomic mass is 16.5. The van der Waals surface area contributed by atoms with Crippen LogP contribution in [0.5, 0.6) is 11.5 Å². The van der Waals surface area contributed by atoms with E-state index < -0.39 is 6.04 Å². The molecule has 0 bridgehead atoms. The molecule has 6 heteroatoms. The van der Waals surface area contributed by atoms with E-state index in [2.05, 4.69) is 10.6 Å². The number of rotatable bonds is 7. The number of methoxy groups -OCH3 is 2. The zero-order chi connectivity index (χ0) is 19.3. The number of carbonyl (C=O) groups is 2. The maximum absolute atomic E-state index is 12.5. The lowest BCUT2D eigenvalue weighted by atomic mass is 10.1. The van der Waals surface area contributed by atoms with Crippen molar-refractivity contribution in [1.82, 2.24) is 0 Å². The molecule has 6 nitrogen and oxygen atoms in total. The molecule has 138 valence electrons. The van der Waals surface area contributed by atoms with Crippen LogP contribution in [-0.2, 0) is 4.79 Å². The van der Waals surface area contributed by atoms with Crippen molar-refractivity contribution in [3.63, 3.8) is 0 Å². The van der Waals surface area contributed by atoms with Crippen molar-refractivity contribution < 1.29 is 19.1 Å². The first-order valence-corrected chi connectivity index (χ1v) is 8.26. The van der Waals surface area contributed by atoms with Gasteiger partial charge in [0.25, 0.3) is 0 Å². The van der Waals surface area contributed by atoms with Crippen molar-refractivity contribution in [2.45, 2.75) is 26.8 Å². The first-order chi connectivity index (χ1) is 12.3. The molecule has 0 saturated heterocycles. The molecule has 2 aromatic rings. The van der Waals surface area contributed by atoms with E-state index in [0.29, 0.717) is 22.7 Å². The third-order valence-corrected chi connectivity index (χ3v) is 4.03. The third kappa shape index (κ3) is 4.53. The van der Waals surface area contributed by atoms with Crippen molar-refractivity contribution in [2.24, 2.45) is 0 Å². The van der Waals surface area contributed by atoms with Crippen LogP contribution >= 0.6 is 0 Å². The molecule has 26 heavy (non-hydrogen) atoms. The molecule has 0 radical (unpaired) electrons. The number of benzene rings is 2. The second-order valence-corrected chi connectivity index (χ2v) is 6.01. The fraction of sp³-hybridized carbons (Fsp3) is 0.300. The molecule has 0 aromatic heterocycles. The molecule has 0 aliphatic heterocycles. The van der Waals surface area contributed by atoms with Gasteiger partial charge in [-0.3, -0.25) is 9.59 Å². The van der Waals surface area contributed by atoms with Crippen molar-refractivity contribution in [2.75, 3.05) is 24.9 Å². The molecule has 1 amide bonds. The van der Waals surface area contributed by atoms with Crippen LogP contribution in [0.15, 0.2) is 36.4 Å². The molecule has 1 atom stereocenters. The van der Waals surface area contributed by atoms with Crippen molar-refractivity contribution in [3.05, 3.63) is 47.5 Å². The second-order valence-electron chi connectivity index (χ2n) is 6.01. The Kier molecular flexibility index (Phi) is 6.22. The van der Waals surface area contributed by atoms with Crippen LogP contribution in [-0.4, -0.2) is 32.0 Å². The van der Waals surface area contributed by atoms with Gasteiger partial charge in [0.2, 0.25) is 5.91 Å². The lowest BCUT2D eigenvalue weighted by Crippen LogP contribution is -2.32. The fourth-order valence-corrected chi connectivity index (χ4v) is 2.50. The number of nitrogens with one attached hydrogen (secondary N) is 2. The van der Waals surface area contributed by atoms with Gasteiger partial charge in [-0.1, -0.05) is 12.1 Å². The lowest BCUT2D eigenvalue weighted by molar-refractivity contribution is -0.116. The average molecular weight is 356 g/mol. The highest BCUT2D eigenvalue weighted by Gasteiger charge is 2.16. The van der Waals surface area contributed by atoms with Gasteiger partial charge in [-0.15, -0.1) is 0 Å². The summed E-state index contributed by atoms with van der Waals surface area (Å²) in [6.45, 7) is 5.18. The summed E-state index contributed by atoms with van der Waals surface area (Å²) in [4.78, 5) is 23.9. The molecule has 0 saturated carbocycles. The summed E-state index contributed by atoms with van der Waals surface area (Å²) >= 11 is 0. The maximum atomic E-state index is 12.5. The second kappa shape index (κ2) is 8.38. The van der Waals surface area contributed by atoms with Crippen LogP contribution in [0, 0.1) is 6.92 Å². The lowest BCUT2D eigenvalue weighted by Gasteiger charge is -2.19. The van der Waals surface area contributed by atoms with E-state index in [4.69, 9.17) is 9.47 Å². The Bertz CT molecular complexity index is 817. The molecule has 2 aromatic carbocycles. The summed E-state index contributed by atoms with van der Waals surface area (Å²) in [5.74, 6) is 0.962. The number of carbonyl (C=O) groups excluding carboxylic acids is 2. The van der Waals surface area contributed by atoms with Gasteiger partial charge in [-0.25, -0.2) is 0 Å². The Morgan fingerprint density at radius 1 is 1.04 bits per heavy atom. The van der Waals surface area contributed by atoms with E-state index in [1.165, 1.54) is 6.92 Å². The fourth-order valence-electron chi connectivity index (χ4n) is 2.50. The number of aryl methyl sites for hydroxylation is 1. The van der Waals surface area contributed by atoms with Crippen LogP contribution in [0.2, 0.25) is 0 Å². The molecule has 2 rings (SSSR count). The molecule has 0 heterocycles. The average Bonchev–Trinajstić information content (AvgIpc) is 2.62. The minimum Gasteiger partial charge on any atom is -0.493 e. The SMILES string of the molecule is COc1cc(C)c(NC(C)C(=O)Nc2cccc(C(C)=O)c2)cc1OC. The van der Waals surface area contributed by atoms with Crippen LogP contribution < -0.4 is 20.1 Å². The number of ether oxygens (including phenoxy) is 2. The molecule has 0 aliphatic carbocycles. The normalized spacial score (nSPS) is 11.4. The predicted molar refractivity (Wildman–Crippen MR) is 102 cm³/mol. The summed E-state index contributed by atoms with van der Waals surface area (Å²) in [7, 11) is 3.14. The molecule has 0 spiro atoms. The number of Topliss-reactive ketones (excluding diaryl/α,β-unsaturated/α-hetero) is 1. The Labute approximate surface area is 153 Å². The Balaban J connectivity index is 2.12. The van der Waals surface area contributed by atoms with Crippen molar-refractivity contribution in [3.8, 4) is 11.5 Å². The van der Waals surface area contributed by atoms with Crippen LogP contribution in [0.1, 0.15) is 29.8 Å². The topological polar surface area (TPSA) is 76.7 Å². The molecule has 2 N–H and O–H groups in total. The van der Waals surface area contributed by atoms with Gasteiger partial charge in [0.15, 0.2) is 17.3 Å². The minimum absolute atomic E-state index is 0.0479. The summed E-state index contributed by atoms with van der Waals surface area (Å²) in [6, 6.07) is 10.0. The highest BCUT2D eigenvalue weighted by molar-refractivity contribution is 5.99. The van der Waals surface area contributed by atoms with Gasteiger partial charge >= 0.3 is 0 Å². The van der Waals surface area contributed by atoms with E-state index in [0.717, 1.165) is 11.3 Å². The first kappa shape index (κ1) is 19.3. The van der Waals surface area contributed by atoms with E-state index in [-0.39, 0.29) is 11.7 Å². The highest BCUT2D eigenvalue weighted by Crippen LogP contribution is 2.33. The number of amides is 1. The van der Waals surface area contributed by atoms with Crippen LogP contribution in [0.25, 0.3) is 0 Å². The first-order valence-electron chi connectivity index (χ1n) is 8.26. The number of hydrogen-bond acceptors (Lipinski definition) is 5. The van der Waals surface area contributed by atoms with Crippen molar-refractivity contribution in [1.29, 1.82) is 0 Å². The Morgan fingerprint density at radius 3 is 2.31 bits per heavy atom. The summed E-state index contributed by atoms with van der Waals surface area (Å²) < 4.78 is 10.6. The van der Waals surface area contributed by atoms with Gasteiger partial charge in [-0.2, -0.15) is 0 Å². The predicted octanol–water partition coefficient (Wildman–Crippen LogP) is 3.65. The zero-order valence-electron chi connectivity index (χ0n) is 15.7. The Hall–Kier alpha value is -3.02. The Morgan fingerprint density at radius 2 is 1.69 bits per heavy atom. The van der Waals surface area contributed by atoms with Gasteiger partial charge in [0.1, 0.15) is 6.04 Å². The molecule has 1 unspecified atom stereocenters. The molecular weight excluding hydrogens is 332 g/mol. The van der Waals surface area contributed by atoms with Crippen LogP contribution in [0.3, 0.4) is 0 Å². The number of ketones is 1. The summed E-state index contributed by atoms with van der Waals surface area (Å²) in [5.41, 5.74) is 2.85. The standard InChI is InChI=1S/C20H24N2O4/c1-12-9-18(25-4)19(26-5)11-17(12)21-13(2)20(24)22-16-8-6-7-15(10-16)14(3)23/h6-11,13,21H,1-5H3,(H,22,24). The van der Waals surface area contributed by atoms with Gasteiger partial charge < -0.3 is 20.1 Å². The molecular formula is C20H24N2O4. The molecule has 0 aliphatic rings.